The number of hydrogen-bond donors (Lipinski definition) is 0. The molecular formula is C16H31NO. The molecule has 0 aromatic heterocycles. The predicted octanol–water partition coefficient (Wildman–Crippen LogP) is 4.04. The zero-order valence-electron chi connectivity index (χ0n) is 12.8. The number of carbonyl (C=O) groups excluding carboxylic acids is 1. The molecule has 2 heteroatoms. The second kappa shape index (κ2) is 7.28. The van der Waals surface area contributed by atoms with Gasteiger partial charge in [0.2, 0.25) is 0 Å². The van der Waals surface area contributed by atoms with E-state index in [-0.39, 0.29) is 5.54 Å². The van der Waals surface area contributed by atoms with Gasteiger partial charge in [0.25, 0.3) is 0 Å². The van der Waals surface area contributed by atoms with Crippen molar-refractivity contribution >= 4 is 5.78 Å². The van der Waals surface area contributed by atoms with Crippen molar-refractivity contribution in [3.63, 3.8) is 0 Å². The number of nitrogens with zero attached hydrogens (tertiary/aromatic N) is 1. The lowest BCUT2D eigenvalue weighted by Crippen LogP contribution is -2.52. The normalized spacial score (nSPS) is 18.8. The van der Waals surface area contributed by atoms with Crippen molar-refractivity contribution in [2.75, 3.05) is 13.1 Å². The SMILES string of the molecule is CCN(CC)C1(C(=O)CCCC(C)C)CCCC1. The van der Waals surface area contributed by atoms with E-state index in [0.717, 1.165) is 38.8 Å². The quantitative estimate of drug-likeness (QED) is 0.651. The summed E-state index contributed by atoms with van der Waals surface area (Å²) in [5, 5.41) is 0. The molecule has 0 spiro atoms. The van der Waals surface area contributed by atoms with E-state index < -0.39 is 0 Å². The average Bonchev–Trinajstić information content (AvgIpc) is 2.80. The molecule has 1 aliphatic carbocycles. The first kappa shape index (κ1) is 15.7. The number of rotatable bonds is 8. The molecule has 0 atom stereocenters. The third kappa shape index (κ3) is 3.57. The number of carbonyl (C=O) groups is 1. The molecule has 1 saturated carbocycles. The molecule has 106 valence electrons. The zero-order valence-corrected chi connectivity index (χ0v) is 12.8. The summed E-state index contributed by atoms with van der Waals surface area (Å²) in [6, 6.07) is 0. The molecule has 0 N–H and O–H groups in total. The fraction of sp³-hybridized carbons (Fsp3) is 0.938. The van der Waals surface area contributed by atoms with E-state index in [0.29, 0.717) is 11.7 Å². The lowest BCUT2D eigenvalue weighted by atomic mass is 9.86. The number of likely N-dealkylation sites (N-methyl/N-ethyl adjacent to an activating group) is 1. The molecule has 0 saturated heterocycles. The molecule has 0 aliphatic heterocycles. The summed E-state index contributed by atoms with van der Waals surface area (Å²) >= 11 is 0. The van der Waals surface area contributed by atoms with E-state index >= 15 is 0 Å². The average molecular weight is 253 g/mol. The standard InChI is InChI=1S/C16H31NO/c1-5-17(6-2)16(12-7-8-13-16)15(18)11-9-10-14(3)4/h14H,5-13H2,1-4H3. The van der Waals surface area contributed by atoms with Crippen LogP contribution in [0, 0.1) is 5.92 Å². The van der Waals surface area contributed by atoms with Crippen LogP contribution in [0.15, 0.2) is 0 Å². The highest BCUT2D eigenvalue weighted by molar-refractivity contribution is 5.88. The maximum atomic E-state index is 12.7. The predicted molar refractivity (Wildman–Crippen MR) is 77.8 cm³/mol. The lowest BCUT2D eigenvalue weighted by molar-refractivity contribution is -0.131. The van der Waals surface area contributed by atoms with Crippen molar-refractivity contribution in [1.82, 2.24) is 4.90 Å². The summed E-state index contributed by atoms with van der Waals surface area (Å²) < 4.78 is 0. The first-order valence-corrected chi connectivity index (χ1v) is 7.85. The van der Waals surface area contributed by atoms with Gasteiger partial charge in [-0.05, 0) is 38.3 Å². The fourth-order valence-corrected chi connectivity index (χ4v) is 3.46. The van der Waals surface area contributed by atoms with Gasteiger partial charge in [0.05, 0.1) is 5.54 Å². The maximum absolute atomic E-state index is 12.7. The highest BCUT2D eigenvalue weighted by Crippen LogP contribution is 2.37. The fourth-order valence-electron chi connectivity index (χ4n) is 3.46. The van der Waals surface area contributed by atoms with Gasteiger partial charge in [-0.25, -0.2) is 0 Å². The molecule has 2 nitrogen and oxygen atoms in total. The minimum atomic E-state index is -0.0967. The molecule has 1 fully saturated rings. The summed E-state index contributed by atoms with van der Waals surface area (Å²) in [6.07, 6.45) is 7.68. The Labute approximate surface area is 113 Å². The van der Waals surface area contributed by atoms with Gasteiger partial charge in [0, 0.05) is 6.42 Å². The Morgan fingerprint density at radius 1 is 1.17 bits per heavy atom. The molecule has 1 aliphatic rings. The van der Waals surface area contributed by atoms with Crippen LogP contribution >= 0.6 is 0 Å². The van der Waals surface area contributed by atoms with E-state index in [1.54, 1.807) is 0 Å². The van der Waals surface area contributed by atoms with Crippen LogP contribution in [-0.2, 0) is 4.79 Å². The van der Waals surface area contributed by atoms with Gasteiger partial charge in [-0.1, -0.05) is 47.0 Å². The summed E-state index contributed by atoms with van der Waals surface area (Å²) in [7, 11) is 0. The molecule has 0 aromatic rings. The van der Waals surface area contributed by atoms with Crippen LogP contribution in [0.2, 0.25) is 0 Å². The molecule has 0 bridgehead atoms. The second-order valence-corrected chi connectivity index (χ2v) is 6.12. The Morgan fingerprint density at radius 2 is 1.72 bits per heavy atom. The van der Waals surface area contributed by atoms with Crippen molar-refractivity contribution < 1.29 is 4.79 Å². The van der Waals surface area contributed by atoms with Crippen LogP contribution < -0.4 is 0 Å². The van der Waals surface area contributed by atoms with Crippen molar-refractivity contribution in [3.8, 4) is 0 Å². The molecule has 0 aromatic carbocycles. The Hall–Kier alpha value is -0.370. The highest BCUT2D eigenvalue weighted by atomic mass is 16.1. The largest absolute Gasteiger partial charge is 0.298 e. The molecule has 0 amide bonds. The van der Waals surface area contributed by atoms with Crippen LogP contribution in [0.4, 0.5) is 0 Å². The number of Topliss-reactive ketones (excluding diaryl/α,β-unsaturated/α-hetero) is 1. The topological polar surface area (TPSA) is 20.3 Å². The van der Waals surface area contributed by atoms with Gasteiger partial charge in [-0.15, -0.1) is 0 Å². The van der Waals surface area contributed by atoms with Crippen LogP contribution in [0.1, 0.15) is 72.6 Å². The van der Waals surface area contributed by atoms with Gasteiger partial charge in [0.15, 0.2) is 5.78 Å². The maximum Gasteiger partial charge on any atom is 0.153 e. The number of hydrogen-bond acceptors (Lipinski definition) is 2. The van der Waals surface area contributed by atoms with E-state index in [2.05, 4.69) is 32.6 Å². The Bertz CT molecular complexity index is 250. The Kier molecular flexibility index (Phi) is 6.34. The Morgan fingerprint density at radius 3 is 2.17 bits per heavy atom. The van der Waals surface area contributed by atoms with Gasteiger partial charge < -0.3 is 0 Å². The number of ketones is 1. The van der Waals surface area contributed by atoms with Crippen LogP contribution in [0.5, 0.6) is 0 Å². The van der Waals surface area contributed by atoms with E-state index in [1.165, 1.54) is 19.3 Å². The van der Waals surface area contributed by atoms with Gasteiger partial charge in [-0.3, -0.25) is 9.69 Å². The van der Waals surface area contributed by atoms with Crippen LogP contribution in [-0.4, -0.2) is 29.3 Å². The van der Waals surface area contributed by atoms with Crippen molar-refractivity contribution in [3.05, 3.63) is 0 Å². The first-order valence-electron chi connectivity index (χ1n) is 7.85. The third-order valence-electron chi connectivity index (χ3n) is 4.50. The smallest absolute Gasteiger partial charge is 0.153 e. The van der Waals surface area contributed by atoms with Gasteiger partial charge in [-0.2, -0.15) is 0 Å². The molecule has 0 unspecified atom stereocenters. The minimum absolute atomic E-state index is 0.0967. The lowest BCUT2D eigenvalue weighted by Gasteiger charge is -2.39. The molecule has 1 rings (SSSR count). The summed E-state index contributed by atoms with van der Waals surface area (Å²) in [5.41, 5.74) is -0.0967. The molecule has 0 heterocycles. The monoisotopic (exact) mass is 253 g/mol. The molecular weight excluding hydrogens is 222 g/mol. The molecule has 0 radical (unpaired) electrons. The van der Waals surface area contributed by atoms with Crippen LogP contribution in [0.3, 0.4) is 0 Å². The van der Waals surface area contributed by atoms with Gasteiger partial charge >= 0.3 is 0 Å². The van der Waals surface area contributed by atoms with E-state index in [9.17, 15) is 4.79 Å². The van der Waals surface area contributed by atoms with Gasteiger partial charge in [0.1, 0.15) is 0 Å². The third-order valence-corrected chi connectivity index (χ3v) is 4.50. The summed E-state index contributed by atoms with van der Waals surface area (Å²) in [6.45, 7) is 10.9. The highest BCUT2D eigenvalue weighted by Gasteiger charge is 2.43. The zero-order chi connectivity index (χ0) is 13.6. The second-order valence-electron chi connectivity index (χ2n) is 6.12. The van der Waals surface area contributed by atoms with Crippen molar-refractivity contribution in [2.24, 2.45) is 5.92 Å². The summed E-state index contributed by atoms with van der Waals surface area (Å²) in [5.74, 6) is 1.23. The van der Waals surface area contributed by atoms with Crippen molar-refractivity contribution in [2.45, 2.75) is 78.2 Å². The first-order chi connectivity index (χ1) is 8.56. The minimum Gasteiger partial charge on any atom is -0.298 e. The van der Waals surface area contributed by atoms with E-state index in [1.807, 2.05) is 0 Å². The molecule has 18 heavy (non-hydrogen) atoms. The van der Waals surface area contributed by atoms with Crippen LogP contribution in [0.25, 0.3) is 0 Å². The summed E-state index contributed by atoms with van der Waals surface area (Å²) in [4.78, 5) is 15.1. The van der Waals surface area contributed by atoms with E-state index in [4.69, 9.17) is 0 Å². The Balaban J connectivity index is 2.63. The van der Waals surface area contributed by atoms with Crippen molar-refractivity contribution in [1.29, 1.82) is 0 Å².